The summed E-state index contributed by atoms with van der Waals surface area (Å²) in [7, 11) is 0. The van der Waals surface area contributed by atoms with Gasteiger partial charge < -0.3 is 0 Å². The maximum Gasteiger partial charge on any atom is 0.239 e. The molecule has 0 atom stereocenters. The molecule has 0 aliphatic rings. The number of benzene rings is 2. The van der Waals surface area contributed by atoms with E-state index in [1.54, 1.807) is 16.2 Å². The molecule has 5 rings (SSSR count). The number of carbonyl (C=O) groups is 1. The lowest BCUT2D eigenvalue weighted by molar-refractivity contribution is -0.116. The smallest absolute Gasteiger partial charge is 0.239 e. The van der Waals surface area contributed by atoms with Crippen LogP contribution in [-0.2, 0) is 11.3 Å². The van der Waals surface area contributed by atoms with Crippen molar-refractivity contribution in [3.05, 3.63) is 76.7 Å². The van der Waals surface area contributed by atoms with Gasteiger partial charge in [0, 0.05) is 11.8 Å². The minimum Gasteiger partial charge on any atom is -0.283 e. The fourth-order valence-corrected chi connectivity index (χ4v) is 5.76. The molecular formula is C25H24N6OS2. The van der Waals surface area contributed by atoms with Crippen LogP contribution < -0.4 is 4.90 Å². The lowest BCUT2D eigenvalue weighted by Crippen LogP contribution is -2.31. The van der Waals surface area contributed by atoms with Gasteiger partial charge in [0.15, 0.2) is 15.9 Å². The van der Waals surface area contributed by atoms with Crippen molar-refractivity contribution in [3.8, 4) is 0 Å². The van der Waals surface area contributed by atoms with Crippen molar-refractivity contribution in [2.45, 2.75) is 39.4 Å². The molecule has 0 saturated heterocycles. The van der Waals surface area contributed by atoms with Crippen molar-refractivity contribution in [1.29, 1.82) is 0 Å². The Labute approximate surface area is 205 Å². The third kappa shape index (κ3) is 4.28. The highest BCUT2D eigenvalue weighted by molar-refractivity contribution is 7.99. The summed E-state index contributed by atoms with van der Waals surface area (Å²) in [5.74, 6) is 0.986. The molecule has 3 heterocycles. The predicted octanol–water partition coefficient (Wildman–Crippen LogP) is 5.29. The number of anilines is 1. The first-order valence-electron chi connectivity index (χ1n) is 10.9. The number of aryl methyl sites for hydroxylation is 4. The summed E-state index contributed by atoms with van der Waals surface area (Å²) in [6, 6.07) is 16.1. The lowest BCUT2D eigenvalue weighted by Gasteiger charge is -2.19. The van der Waals surface area contributed by atoms with Crippen molar-refractivity contribution < 1.29 is 4.79 Å². The summed E-state index contributed by atoms with van der Waals surface area (Å²) in [5, 5.41) is 9.91. The van der Waals surface area contributed by atoms with E-state index in [0.29, 0.717) is 16.8 Å². The van der Waals surface area contributed by atoms with Crippen molar-refractivity contribution in [3.63, 3.8) is 0 Å². The van der Waals surface area contributed by atoms with Crippen LogP contribution in [0.3, 0.4) is 0 Å². The van der Waals surface area contributed by atoms with Gasteiger partial charge in [0.1, 0.15) is 5.82 Å². The van der Waals surface area contributed by atoms with Crippen LogP contribution in [0.5, 0.6) is 0 Å². The lowest BCUT2D eigenvalue weighted by atomic mass is 10.1. The van der Waals surface area contributed by atoms with Gasteiger partial charge in [-0.25, -0.2) is 9.97 Å². The third-order valence-corrected chi connectivity index (χ3v) is 7.73. The molecule has 0 unspecified atom stereocenters. The van der Waals surface area contributed by atoms with E-state index in [9.17, 15) is 4.79 Å². The van der Waals surface area contributed by atoms with Crippen LogP contribution in [0.15, 0.2) is 53.7 Å². The first kappa shape index (κ1) is 22.5. The van der Waals surface area contributed by atoms with Gasteiger partial charge in [-0.2, -0.15) is 0 Å². The highest BCUT2D eigenvalue weighted by Gasteiger charge is 2.22. The number of thioether (sulfide) groups is 1. The maximum absolute atomic E-state index is 13.5. The van der Waals surface area contributed by atoms with Gasteiger partial charge in [-0.1, -0.05) is 59.5 Å². The Kier molecular flexibility index (Phi) is 6.05. The van der Waals surface area contributed by atoms with Gasteiger partial charge >= 0.3 is 0 Å². The second-order valence-corrected chi connectivity index (χ2v) is 10.2. The molecule has 0 N–H and O–H groups in total. The number of thiazole rings is 1. The summed E-state index contributed by atoms with van der Waals surface area (Å²) < 4.78 is 2.97. The van der Waals surface area contributed by atoms with Crippen LogP contribution in [0.25, 0.3) is 15.9 Å². The summed E-state index contributed by atoms with van der Waals surface area (Å²) in [4.78, 5) is 24.7. The van der Waals surface area contributed by atoms with E-state index in [2.05, 4.69) is 41.2 Å². The fourth-order valence-electron chi connectivity index (χ4n) is 3.86. The minimum atomic E-state index is -0.0308. The van der Waals surface area contributed by atoms with E-state index in [4.69, 9.17) is 4.98 Å². The molecule has 5 aromatic rings. The summed E-state index contributed by atoms with van der Waals surface area (Å²) in [5.41, 5.74) is 5.97. The van der Waals surface area contributed by atoms with Crippen molar-refractivity contribution in [2.24, 2.45) is 0 Å². The summed E-state index contributed by atoms with van der Waals surface area (Å²) in [6.45, 7) is 8.47. The highest BCUT2D eigenvalue weighted by atomic mass is 32.2. The largest absolute Gasteiger partial charge is 0.283 e. The number of fused-ring (bicyclic) bond motifs is 2. The average molecular weight is 489 g/mol. The summed E-state index contributed by atoms with van der Waals surface area (Å²) in [6.07, 6.45) is 0. The topological polar surface area (TPSA) is 76.3 Å². The third-order valence-electron chi connectivity index (χ3n) is 5.77. The Hall–Kier alpha value is -3.30. The molecule has 9 heteroatoms. The van der Waals surface area contributed by atoms with Crippen LogP contribution >= 0.6 is 23.1 Å². The molecule has 0 bridgehead atoms. The van der Waals surface area contributed by atoms with Gasteiger partial charge in [0.05, 0.1) is 22.5 Å². The van der Waals surface area contributed by atoms with Gasteiger partial charge in [0.25, 0.3) is 0 Å². The number of amides is 1. The van der Waals surface area contributed by atoms with Gasteiger partial charge in [-0.3, -0.25) is 14.1 Å². The van der Waals surface area contributed by atoms with Crippen LogP contribution in [0.4, 0.5) is 5.13 Å². The van der Waals surface area contributed by atoms with Crippen LogP contribution in [0.1, 0.15) is 28.2 Å². The van der Waals surface area contributed by atoms with Crippen molar-refractivity contribution in [2.75, 3.05) is 10.7 Å². The molecule has 34 heavy (non-hydrogen) atoms. The van der Waals surface area contributed by atoms with Crippen LogP contribution in [0.2, 0.25) is 0 Å². The Morgan fingerprint density at radius 2 is 1.82 bits per heavy atom. The van der Waals surface area contributed by atoms with E-state index in [0.717, 1.165) is 38.5 Å². The number of carbonyl (C=O) groups excluding carboxylic acids is 1. The van der Waals surface area contributed by atoms with E-state index in [1.807, 2.05) is 54.6 Å². The van der Waals surface area contributed by atoms with Crippen molar-refractivity contribution >= 4 is 50.0 Å². The van der Waals surface area contributed by atoms with Crippen LogP contribution in [0, 0.1) is 27.7 Å². The number of aromatic nitrogens is 5. The first-order valence-corrected chi connectivity index (χ1v) is 12.7. The van der Waals surface area contributed by atoms with Crippen LogP contribution in [-0.4, -0.2) is 36.2 Å². The standard InChI is InChI=1S/C25H24N6OS2/c1-15-10-11-20-23(17(15)3)27-24(34-20)30(13-19-8-6-5-7-9-19)22(32)14-33-25-29-28-21-12-16(2)26-18(4)31(21)25/h5-12H,13-14H2,1-4H3. The SMILES string of the molecule is Cc1cc2nnc(SCC(=O)N(Cc3ccccc3)c3nc4c(C)c(C)ccc4s3)n2c(C)n1. The number of rotatable bonds is 6. The molecular weight excluding hydrogens is 464 g/mol. The maximum atomic E-state index is 13.5. The zero-order valence-electron chi connectivity index (χ0n) is 19.4. The summed E-state index contributed by atoms with van der Waals surface area (Å²) >= 11 is 2.91. The normalized spacial score (nSPS) is 11.4. The zero-order valence-corrected chi connectivity index (χ0v) is 21.1. The number of hydrogen-bond acceptors (Lipinski definition) is 7. The molecule has 0 spiro atoms. The zero-order chi connectivity index (χ0) is 23.8. The van der Waals surface area contributed by atoms with Crippen molar-refractivity contribution in [1.82, 2.24) is 24.6 Å². The number of hydrogen-bond donors (Lipinski definition) is 0. The Morgan fingerprint density at radius 1 is 1.03 bits per heavy atom. The molecule has 0 saturated carbocycles. The van der Waals surface area contributed by atoms with Gasteiger partial charge in [0.2, 0.25) is 5.91 Å². The molecule has 0 fully saturated rings. The van der Waals surface area contributed by atoms with E-state index >= 15 is 0 Å². The number of nitrogens with zero attached hydrogens (tertiary/aromatic N) is 6. The Balaban J connectivity index is 1.46. The first-order chi connectivity index (χ1) is 16.4. The molecule has 0 radical (unpaired) electrons. The van der Waals surface area contributed by atoms with Gasteiger partial charge in [-0.05, 0) is 50.5 Å². The predicted molar refractivity (Wildman–Crippen MR) is 138 cm³/mol. The fraction of sp³-hybridized carbons (Fsp3) is 0.240. The second-order valence-electron chi connectivity index (χ2n) is 8.23. The molecule has 3 aromatic heterocycles. The van der Waals surface area contributed by atoms with Gasteiger partial charge in [-0.15, -0.1) is 10.2 Å². The highest BCUT2D eigenvalue weighted by Crippen LogP contribution is 2.33. The molecule has 2 aromatic carbocycles. The molecule has 0 aliphatic carbocycles. The molecule has 7 nitrogen and oxygen atoms in total. The Morgan fingerprint density at radius 3 is 2.62 bits per heavy atom. The average Bonchev–Trinajstić information content (AvgIpc) is 3.44. The monoisotopic (exact) mass is 488 g/mol. The second kappa shape index (κ2) is 9.15. The Bertz CT molecular complexity index is 1510. The molecule has 172 valence electrons. The van der Waals surface area contributed by atoms with E-state index < -0.39 is 0 Å². The minimum absolute atomic E-state index is 0.0308. The molecule has 1 amide bonds. The van der Waals surface area contributed by atoms with E-state index in [1.165, 1.54) is 17.3 Å². The quantitative estimate of drug-likeness (QED) is 0.302. The van der Waals surface area contributed by atoms with E-state index in [-0.39, 0.29) is 11.7 Å². The molecule has 0 aliphatic heterocycles.